The van der Waals surface area contributed by atoms with Crippen LogP contribution in [0.5, 0.6) is 5.75 Å². The van der Waals surface area contributed by atoms with E-state index in [0.717, 1.165) is 27.5 Å². The van der Waals surface area contributed by atoms with Gasteiger partial charge in [0.25, 0.3) is 0 Å². The molecule has 2 heterocycles. The third-order valence-corrected chi connectivity index (χ3v) is 3.65. The number of hydrogen-bond donors (Lipinski definition) is 2. The van der Waals surface area contributed by atoms with Gasteiger partial charge in [-0.3, -0.25) is 0 Å². The first-order valence-electron chi connectivity index (χ1n) is 6.22. The van der Waals surface area contributed by atoms with E-state index in [0.29, 0.717) is 0 Å². The van der Waals surface area contributed by atoms with Crippen molar-refractivity contribution in [3.8, 4) is 5.75 Å². The molecule has 4 rings (SSSR count). The maximum atomic E-state index is 9.64. The first-order valence-corrected chi connectivity index (χ1v) is 6.22. The van der Waals surface area contributed by atoms with Gasteiger partial charge in [-0.2, -0.15) is 0 Å². The average Bonchev–Trinajstić information content (AvgIpc) is 2.74. The summed E-state index contributed by atoms with van der Waals surface area (Å²) >= 11 is 0. The fourth-order valence-corrected chi connectivity index (χ4v) is 2.68. The maximum absolute atomic E-state index is 9.64. The van der Waals surface area contributed by atoms with Crippen molar-refractivity contribution in [2.45, 2.75) is 6.92 Å². The van der Waals surface area contributed by atoms with Crippen LogP contribution in [0, 0.1) is 6.92 Å². The molecule has 0 aliphatic heterocycles. The second-order valence-corrected chi connectivity index (χ2v) is 4.87. The molecule has 0 bridgehead atoms. The average molecular weight is 248 g/mol. The molecule has 3 heteroatoms. The predicted molar refractivity (Wildman–Crippen MR) is 77.5 cm³/mol. The Kier molecular flexibility index (Phi) is 1.90. The zero-order chi connectivity index (χ0) is 13.0. The summed E-state index contributed by atoms with van der Waals surface area (Å²) in [5.74, 6) is 0.276. The molecule has 92 valence electrons. The van der Waals surface area contributed by atoms with E-state index in [1.165, 1.54) is 10.8 Å². The van der Waals surface area contributed by atoms with Crippen LogP contribution in [0.4, 0.5) is 0 Å². The van der Waals surface area contributed by atoms with E-state index < -0.39 is 0 Å². The maximum Gasteiger partial charge on any atom is 0.116 e. The minimum absolute atomic E-state index is 0.276. The topological polar surface area (TPSA) is 48.9 Å². The molecule has 19 heavy (non-hydrogen) atoms. The van der Waals surface area contributed by atoms with E-state index in [4.69, 9.17) is 0 Å². The molecular formula is C16H12N2O. The number of nitrogens with zero attached hydrogens (tertiary/aromatic N) is 1. The zero-order valence-corrected chi connectivity index (χ0v) is 10.4. The number of aromatic hydroxyl groups is 1. The van der Waals surface area contributed by atoms with Crippen LogP contribution < -0.4 is 0 Å². The number of pyridine rings is 1. The number of nitrogens with one attached hydrogen (secondary N) is 1. The van der Waals surface area contributed by atoms with Crippen molar-refractivity contribution in [1.82, 2.24) is 9.97 Å². The summed E-state index contributed by atoms with van der Waals surface area (Å²) < 4.78 is 0. The highest BCUT2D eigenvalue weighted by atomic mass is 16.3. The number of phenols is 1. The van der Waals surface area contributed by atoms with Crippen LogP contribution in [-0.4, -0.2) is 15.1 Å². The smallest absolute Gasteiger partial charge is 0.116 e. The van der Waals surface area contributed by atoms with Gasteiger partial charge < -0.3 is 10.1 Å². The number of aryl methyl sites for hydroxylation is 1. The Morgan fingerprint density at radius 3 is 2.68 bits per heavy atom. The van der Waals surface area contributed by atoms with Gasteiger partial charge in [-0.25, -0.2) is 4.98 Å². The molecule has 2 N–H and O–H groups in total. The Balaban J connectivity index is 2.25. The fraction of sp³-hybridized carbons (Fsp3) is 0.0625. The van der Waals surface area contributed by atoms with Crippen molar-refractivity contribution >= 4 is 32.6 Å². The Bertz CT molecular complexity index is 938. The zero-order valence-electron chi connectivity index (χ0n) is 10.4. The number of hydrogen-bond acceptors (Lipinski definition) is 2. The van der Waals surface area contributed by atoms with Crippen molar-refractivity contribution < 1.29 is 5.11 Å². The molecule has 0 aliphatic carbocycles. The standard InChI is InChI=1S/C16H12N2O/c1-9-12-8-14-13-7-11(19)2-3-15(13)18-16(14)6-10(12)4-5-17-9/h2-8,17,19H,1H3. The first kappa shape index (κ1) is 10.4. The Hall–Kier alpha value is -2.55. The van der Waals surface area contributed by atoms with Crippen molar-refractivity contribution in [3.05, 3.63) is 48.3 Å². The number of fused-ring (bicyclic) bond motifs is 4. The quantitative estimate of drug-likeness (QED) is 0.496. The van der Waals surface area contributed by atoms with Gasteiger partial charge in [0.1, 0.15) is 5.75 Å². The van der Waals surface area contributed by atoms with Crippen molar-refractivity contribution in [1.29, 1.82) is 0 Å². The highest BCUT2D eigenvalue weighted by molar-refractivity contribution is 6.12. The van der Waals surface area contributed by atoms with E-state index in [-0.39, 0.29) is 5.75 Å². The van der Waals surface area contributed by atoms with E-state index in [1.807, 2.05) is 12.3 Å². The van der Waals surface area contributed by atoms with E-state index >= 15 is 0 Å². The Labute approximate surface area is 109 Å². The van der Waals surface area contributed by atoms with Gasteiger partial charge >= 0.3 is 0 Å². The molecular weight excluding hydrogens is 236 g/mol. The predicted octanol–water partition coefficient (Wildman–Crippen LogP) is 3.88. The largest absolute Gasteiger partial charge is 0.508 e. The number of aromatic nitrogens is 2. The van der Waals surface area contributed by atoms with Gasteiger partial charge in [-0.1, -0.05) is 0 Å². The summed E-state index contributed by atoms with van der Waals surface area (Å²) in [4.78, 5) is 7.84. The summed E-state index contributed by atoms with van der Waals surface area (Å²) in [6, 6.07) is 11.6. The van der Waals surface area contributed by atoms with Crippen LogP contribution in [0.25, 0.3) is 32.6 Å². The molecule has 2 aromatic heterocycles. The molecule has 0 saturated heterocycles. The number of aromatic amines is 1. The van der Waals surface area contributed by atoms with Crippen LogP contribution in [0.2, 0.25) is 0 Å². The minimum Gasteiger partial charge on any atom is -0.508 e. The summed E-state index contributed by atoms with van der Waals surface area (Å²) in [6.45, 7) is 2.06. The van der Waals surface area contributed by atoms with E-state index in [9.17, 15) is 5.11 Å². The molecule has 0 atom stereocenters. The summed E-state index contributed by atoms with van der Waals surface area (Å²) in [6.07, 6.45) is 1.94. The van der Waals surface area contributed by atoms with Gasteiger partial charge in [-0.15, -0.1) is 0 Å². The summed E-state index contributed by atoms with van der Waals surface area (Å²) in [5.41, 5.74) is 3.03. The second kappa shape index (κ2) is 3.48. The Morgan fingerprint density at radius 1 is 0.947 bits per heavy atom. The molecule has 0 aliphatic rings. The highest BCUT2D eigenvalue weighted by Gasteiger charge is 2.08. The highest BCUT2D eigenvalue weighted by Crippen LogP contribution is 2.31. The number of rotatable bonds is 0. The summed E-state index contributed by atoms with van der Waals surface area (Å²) in [5, 5.41) is 14.1. The van der Waals surface area contributed by atoms with E-state index in [1.54, 1.807) is 12.1 Å². The number of phenolic OH excluding ortho intramolecular Hbond substituents is 1. The van der Waals surface area contributed by atoms with Gasteiger partial charge in [0.15, 0.2) is 0 Å². The molecule has 0 saturated carbocycles. The van der Waals surface area contributed by atoms with Crippen molar-refractivity contribution in [2.24, 2.45) is 0 Å². The lowest BCUT2D eigenvalue weighted by Crippen LogP contribution is -1.82. The molecule has 2 aromatic carbocycles. The monoisotopic (exact) mass is 248 g/mol. The van der Waals surface area contributed by atoms with Crippen LogP contribution >= 0.6 is 0 Å². The molecule has 4 aromatic rings. The summed E-state index contributed by atoms with van der Waals surface area (Å²) in [7, 11) is 0. The molecule has 0 fully saturated rings. The van der Waals surface area contributed by atoms with Gasteiger partial charge in [0, 0.05) is 28.0 Å². The second-order valence-electron chi connectivity index (χ2n) is 4.87. The normalized spacial score (nSPS) is 11.6. The number of H-pyrrole nitrogens is 1. The van der Waals surface area contributed by atoms with Crippen molar-refractivity contribution in [3.63, 3.8) is 0 Å². The molecule has 3 nitrogen and oxygen atoms in total. The molecule has 0 radical (unpaired) electrons. The lowest BCUT2D eigenvalue weighted by atomic mass is 10.1. The molecule has 0 amide bonds. The van der Waals surface area contributed by atoms with Gasteiger partial charge in [0.2, 0.25) is 0 Å². The minimum atomic E-state index is 0.276. The van der Waals surface area contributed by atoms with Crippen molar-refractivity contribution in [2.75, 3.05) is 0 Å². The third kappa shape index (κ3) is 1.41. The fourth-order valence-electron chi connectivity index (χ4n) is 2.68. The lowest BCUT2D eigenvalue weighted by Gasteiger charge is -2.02. The Morgan fingerprint density at radius 2 is 1.79 bits per heavy atom. The van der Waals surface area contributed by atoms with Gasteiger partial charge in [0.05, 0.1) is 11.0 Å². The molecule has 0 spiro atoms. The van der Waals surface area contributed by atoms with Crippen LogP contribution in [0.1, 0.15) is 5.69 Å². The van der Waals surface area contributed by atoms with Gasteiger partial charge in [-0.05, 0) is 48.7 Å². The van der Waals surface area contributed by atoms with E-state index in [2.05, 4.69) is 35.1 Å². The van der Waals surface area contributed by atoms with Crippen LogP contribution in [-0.2, 0) is 0 Å². The SMILES string of the molecule is Cc1[nH]ccc2cc3nc4ccc(O)cc4c3cc12. The third-order valence-electron chi connectivity index (χ3n) is 3.65. The molecule has 0 unspecified atom stereocenters. The lowest BCUT2D eigenvalue weighted by molar-refractivity contribution is 0.476. The first-order chi connectivity index (χ1) is 9.22. The van der Waals surface area contributed by atoms with Crippen LogP contribution in [0.15, 0.2) is 42.6 Å². The van der Waals surface area contributed by atoms with Crippen LogP contribution in [0.3, 0.4) is 0 Å². The number of benzene rings is 2.